The van der Waals surface area contributed by atoms with Crippen LogP contribution in [0.2, 0.25) is 0 Å². The molecule has 2 aromatic rings. The van der Waals surface area contributed by atoms with Gasteiger partial charge >= 0.3 is 0 Å². The molecule has 1 fully saturated rings. The summed E-state index contributed by atoms with van der Waals surface area (Å²) >= 11 is 1.36. The zero-order valence-electron chi connectivity index (χ0n) is 12.9. The molecular formula is C14H19N5O3S. The van der Waals surface area contributed by atoms with Crippen molar-refractivity contribution in [3.05, 3.63) is 24.2 Å². The molecule has 8 nitrogen and oxygen atoms in total. The third kappa shape index (κ3) is 3.85. The van der Waals surface area contributed by atoms with Crippen molar-refractivity contribution in [3.63, 3.8) is 0 Å². The van der Waals surface area contributed by atoms with E-state index >= 15 is 0 Å². The van der Waals surface area contributed by atoms with E-state index in [0.717, 1.165) is 24.8 Å². The summed E-state index contributed by atoms with van der Waals surface area (Å²) in [7, 11) is 1.62. The number of carbonyl (C=O) groups excluding carboxylic acids is 1. The van der Waals surface area contributed by atoms with Crippen LogP contribution in [0.15, 0.2) is 28.0 Å². The largest absolute Gasteiger partial charge is 0.467 e. The number of nitrogens with one attached hydrogen (secondary N) is 1. The van der Waals surface area contributed by atoms with Gasteiger partial charge in [-0.3, -0.25) is 9.36 Å². The van der Waals surface area contributed by atoms with Gasteiger partial charge < -0.3 is 19.4 Å². The van der Waals surface area contributed by atoms with Crippen molar-refractivity contribution in [2.45, 2.75) is 11.7 Å². The maximum absolute atomic E-state index is 11.5. The third-order valence-electron chi connectivity index (χ3n) is 3.50. The average molecular weight is 337 g/mol. The fraction of sp³-hybridized carbons (Fsp3) is 0.500. The number of aromatic nitrogens is 3. The predicted molar refractivity (Wildman–Crippen MR) is 85.7 cm³/mol. The van der Waals surface area contributed by atoms with Crippen LogP contribution in [0.1, 0.15) is 5.76 Å². The molecule has 3 rings (SSSR count). The van der Waals surface area contributed by atoms with Gasteiger partial charge in [-0.05, 0) is 12.1 Å². The molecule has 1 aliphatic heterocycles. The number of furan rings is 1. The van der Waals surface area contributed by atoms with Gasteiger partial charge in [0.2, 0.25) is 11.9 Å². The summed E-state index contributed by atoms with van der Waals surface area (Å²) in [5.41, 5.74) is 0. The van der Waals surface area contributed by atoms with E-state index in [1.54, 1.807) is 13.3 Å². The molecule has 0 spiro atoms. The second-order valence-electron chi connectivity index (χ2n) is 5.01. The molecule has 0 atom stereocenters. The summed E-state index contributed by atoms with van der Waals surface area (Å²) in [4.78, 5) is 13.6. The Labute approximate surface area is 138 Å². The van der Waals surface area contributed by atoms with E-state index in [-0.39, 0.29) is 5.91 Å². The van der Waals surface area contributed by atoms with Crippen LogP contribution in [-0.2, 0) is 16.1 Å². The molecule has 2 aromatic heterocycles. The fourth-order valence-corrected chi connectivity index (χ4v) is 3.09. The fourth-order valence-electron chi connectivity index (χ4n) is 2.28. The standard InChI is InChI=1S/C14H19N5O3S/c1-15-12(20)10-23-14-17-16-13(18-4-7-21-8-5-18)19(14)9-11-3-2-6-22-11/h2-3,6H,4-5,7-10H2,1H3,(H,15,20). The normalized spacial score (nSPS) is 14.9. The van der Waals surface area contributed by atoms with Crippen molar-refractivity contribution in [3.8, 4) is 0 Å². The maximum Gasteiger partial charge on any atom is 0.230 e. The molecule has 0 bridgehead atoms. The van der Waals surface area contributed by atoms with Gasteiger partial charge in [-0.1, -0.05) is 11.8 Å². The van der Waals surface area contributed by atoms with Crippen LogP contribution in [-0.4, -0.2) is 59.8 Å². The van der Waals surface area contributed by atoms with Crippen LogP contribution in [0.25, 0.3) is 0 Å². The van der Waals surface area contributed by atoms with Gasteiger partial charge in [-0.25, -0.2) is 0 Å². The number of morpholine rings is 1. The smallest absolute Gasteiger partial charge is 0.230 e. The highest BCUT2D eigenvalue weighted by Crippen LogP contribution is 2.24. The predicted octanol–water partition coefficient (Wildman–Crippen LogP) is 0.594. The summed E-state index contributed by atoms with van der Waals surface area (Å²) < 4.78 is 12.8. The first-order valence-electron chi connectivity index (χ1n) is 7.39. The van der Waals surface area contributed by atoms with Crippen molar-refractivity contribution in [2.24, 2.45) is 0 Å². The molecule has 1 amide bonds. The number of anilines is 1. The zero-order chi connectivity index (χ0) is 16.1. The van der Waals surface area contributed by atoms with Crippen molar-refractivity contribution in [1.82, 2.24) is 20.1 Å². The van der Waals surface area contributed by atoms with Crippen LogP contribution >= 0.6 is 11.8 Å². The van der Waals surface area contributed by atoms with Gasteiger partial charge in [-0.2, -0.15) is 0 Å². The molecule has 0 saturated carbocycles. The average Bonchev–Trinajstić information content (AvgIpc) is 3.24. The lowest BCUT2D eigenvalue weighted by atomic mass is 10.4. The SMILES string of the molecule is CNC(=O)CSc1nnc(N2CCOCC2)n1Cc1ccco1. The minimum Gasteiger partial charge on any atom is -0.467 e. The Bertz CT molecular complexity index is 637. The summed E-state index contributed by atoms with van der Waals surface area (Å²) in [5, 5.41) is 11.9. The second-order valence-corrected chi connectivity index (χ2v) is 5.95. The van der Waals surface area contributed by atoms with Gasteiger partial charge in [0.25, 0.3) is 0 Å². The van der Waals surface area contributed by atoms with E-state index in [0.29, 0.717) is 30.7 Å². The molecule has 1 N–H and O–H groups in total. The Hall–Kier alpha value is -2.00. The Balaban J connectivity index is 1.82. The number of nitrogens with zero attached hydrogens (tertiary/aromatic N) is 4. The molecule has 124 valence electrons. The Kier molecular flexibility index (Phi) is 5.19. The van der Waals surface area contributed by atoms with E-state index in [1.807, 2.05) is 16.7 Å². The number of carbonyl (C=O) groups is 1. The van der Waals surface area contributed by atoms with E-state index in [4.69, 9.17) is 9.15 Å². The Morgan fingerprint density at radius 3 is 2.91 bits per heavy atom. The molecule has 1 saturated heterocycles. The topological polar surface area (TPSA) is 85.4 Å². The monoisotopic (exact) mass is 337 g/mol. The maximum atomic E-state index is 11.5. The highest BCUT2D eigenvalue weighted by molar-refractivity contribution is 7.99. The molecule has 0 unspecified atom stereocenters. The second kappa shape index (κ2) is 7.51. The molecule has 23 heavy (non-hydrogen) atoms. The summed E-state index contributed by atoms with van der Waals surface area (Å²) in [5.74, 6) is 1.86. The highest BCUT2D eigenvalue weighted by atomic mass is 32.2. The highest BCUT2D eigenvalue weighted by Gasteiger charge is 2.21. The van der Waals surface area contributed by atoms with Crippen LogP contribution in [0.3, 0.4) is 0 Å². The first kappa shape index (κ1) is 15.9. The van der Waals surface area contributed by atoms with Gasteiger partial charge in [0.1, 0.15) is 5.76 Å². The van der Waals surface area contributed by atoms with Crippen LogP contribution in [0.4, 0.5) is 5.95 Å². The van der Waals surface area contributed by atoms with Crippen molar-refractivity contribution in [2.75, 3.05) is 44.0 Å². The first-order chi connectivity index (χ1) is 11.3. The lowest BCUT2D eigenvalue weighted by molar-refractivity contribution is -0.118. The quantitative estimate of drug-likeness (QED) is 0.772. The van der Waals surface area contributed by atoms with Crippen molar-refractivity contribution < 1.29 is 13.9 Å². The Morgan fingerprint density at radius 1 is 1.39 bits per heavy atom. The number of hydrogen-bond donors (Lipinski definition) is 1. The summed E-state index contributed by atoms with van der Waals surface area (Å²) in [6.07, 6.45) is 1.64. The van der Waals surface area contributed by atoms with Gasteiger partial charge in [-0.15, -0.1) is 10.2 Å². The van der Waals surface area contributed by atoms with E-state index < -0.39 is 0 Å². The van der Waals surface area contributed by atoms with Crippen LogP contribution in [0, 0.1) is 0 Å². The molecule has 0 aliphatic carbocycles. The van der Waals surface area contributed by atoms with Crippen molar-refractivity contribution in [1.29, 1.82) is 0 Å². The minimum absolute atomic E-state index is 0.0459. The minimum atomic E-state index is -0.0459. The number of amides is 1. The number of hydrogen-bond acceptors (Lipinski definition) is 7. The zero-order valence-corrected chi connectivity index (χ0v) is 13.7. The molecule has 0 aromatic carbocycles. The molecule has 1 aliphatic rings. The van der Waals surface area contributed by atoms with Crippen LogP contribution < -0.4 is 10.2 Å². The van der Waals surface area contributed by atoms with Crippen molar-refractivity contribution >= 4 is 23.6 Å². The molecule has 3 heterocycles. The van der Waals surface area contributed by atoms with Gasteiger partial charge in [0, 0.05) is 20.1 Å². The lowest BCUT2D eigenvalue weighted by Gasteiger charge is -2.27. The lowest BCUT2D eigenvalue weighted by Crippen LogP contribution is -2.38. The number of thioether (sulfide) groups is 1. The summed E-state index contributed by atoms with van der Waals surface area (Å²) in [6.45, 7) is 3.43. The van der Waals surface area contributed by atoms with Gasteiger partial charge in [0.05, 0.1) is 31.8 Å². The molecular weight excluding hydrogens is 318 g/mol. The van der Waals surface area contributed by atoms with E-state index in [9.17, 15) is 4.79 Å². The Morgan fingerprint density at radius 2 is 2.22 bits per heavy atom. The van der Waals surface area contributed by atoms with Crippen LogP contribution in [0.5, 0.6) is 0 Å². The van der Waals surface area contributed by atoms with E-state index in [1.165, 1.54) is 11.8 Å². The molecule has 0 radical (unpaired) electrons. The third-order valence-corrected chi connectivity index (χ3v) is 4.46. The number of ether oxygens (including phenoxy) is 1. The first-order valence-corrected chi connectivity index (χ1v) is 8.38. The number of rotatable bonds is 6. The van der Waals surface area contributed by atoms with Gasteiger partial charge in [0.15, 0.2) is 5.16 Å². The van der Waals surface area contributed by atoms with E-state index in [2.05, 4.69) is 20.4 Å². The molecule has 9 heteroatoms. The summed E-state index contributed by atoms with van der Waals surface area (Å²) in [6, 6.07) is 3.77.